The summed E-state index contributed by atoms with van der Waals surface area (Å²) < 4.78 is 36.6. The van der Waals surface area contributed by atoms with Crippen molar-refractivity contribution >= 4 is 23.9 Å². The van der Waals surface area contributed by atoms with Crippen molar-refractivity contribution in [3.05, 3.63) is 144 Å². The lowest BCUT2D eigenvalue weighted by molar-refractivity contribution is -0.225. The molecule has 0 spiro atoms. The highest BCUT2D eigenvalue weighted by Crippen LogP contribution is 2.30. The van der Waals surface area contributed by atoms with E-state index in [1.807, 2.05) is 0 Å². The molecule has 1 heterocycles. The van der Waals surface area contributed by atoms with Gasteiger partial charge in [-0.2, -0.15) is 0 Å². The number of ether oxygens (including phenoxy) is 6. The zero-order chi connectivity index (χ0) is 37.3. The van der Waals surface area contributed by atoms with Crippen LogP contribution >= 0.6 is 0 Å². The fourth-order valence-electron chi connectivity index (χ4n) is 5.60. The third-order valence-corrected chi connectivity index (χ3v) is 8.30. The van der Waals surface area contributed by atoms with E-state index >= 15 is 0 Å². The van der Waals surface area contributed by atoms with E-state index in [0.29, 0.717) is 13.0 Å². The minimum atomic E-state index is -1.34. The zero-order valence-electron chi connectivity index (χ0n) is 29.4. The van der Waals surface area contributed by atoms with Gasteiger partial charge in [0.2, 0.25) is 0 Å². The molecule has 1 fully saturated rings. The van der Waals surface area contributed by atoms with Gasteiger partial charge in [0.25, 0.3) is 0 Å². The van der Waals surface area contributed by atoms with Gasteiger partial charge in [0, 0.05) is 20.1 Å². The molecule has 0 bridgehead atoms. The van der Waals surface area contributed by atoms with Crippen molar-refractivity contribution in [2.45, 2.75) is 56.4 Å². The number of hydrogen-bond donors (Lipinski definition) is 1. The summed E-state index contributed by atoms with van der Waals surface area (Å²) in [6, 6.07) is 33.3. The lowest BCUT2D eigenvalue weighted by Gasteiger charge is -2.30. The number of nitrogens with one attached hydrogen (secondary N) is 1. The quantitative estimate of drug-likeness (QED) is 0.0592. The van der Waals surface area contributed by atoms with Gasteiger partial charge in [-0.3, -0.25) is 0 Å². The molecule has 0 radical (unpaired) electrons. The van der Waals surface area contributed by atoms with E-state index in [2.05, 4.69) is 5.48 Å². The molecule has 5 rings (SSSR count). The van der Waals surface area contributed by atoms with Crippen molar-refractivity contribution < 1.29 is 52.4 Å². The van der Waals surface area contributed by atoms with Crippen LogP contribution in [-0.4, -0.2) is 81.5 Å². The van der Waals surface area contributed by atoms with Crippen molar-refractivity contribution in [2.24, 2.45) is 0 Å². The molecule has 278 valence electrons. The number of benzene rings is 4. The van der Waals surface area contributed by atoms with Crippen molar-refractivity contribution in [3.8, 4) is 0 Å². The first-order chi connectivity index (χ1) is 25.9. The van der Waals surface area contributed by atoms with Gasteiger partial charge in [-0.1, -0.05) is 72.8 Å². The third-order valence-electron chi connectivity index (χ3n) is 8.30. The summed E-state index contributed by atoms with van der Waals surface area (Å²) in [5, 5.41) is 0. The van der Waals surface area contributed by atoms with Crippen LogP contribution in [0.25, 0.3) is 0 Å². The molecule has 0 aromatic heterocycles. The number of carbonyl (C=O) groups is 4. The Balaban J connectivity index is 1.49. The Bertz CT molecular complexity index is 1720. The molecular formula is C41H43NO11. The summed E-state index contributed by atoms with van der Waals surface area (Å²) in [6.07, 6.45) is -4.29. The molecule has 0 amide bonds. The standard InChI is InChI=1S/C41H43NO11/c1-42-49-26-16-6-15-25-47-41-34(51-39(45)31-21-11-4-12-22-31)27-33(50-38(44)30-19-9-3-10-20-30)36(53-40(46)32-23-13-5-14-24-32)35(52-41)28-48-37(43)29-17-7-2-8-18-29/h2-5,7-14,17-24,33-36,41-42H,6,15-16,25-28H2,1H3/t33?,34?,35?,36-,41-/m0/s1. The van der Waals surface area contributed by atoms with Crippen molar-refractivity contribution in [1.29, 1.82) is 0 Å². The van der Waals surface area contributed by atoms with Gasteiger partial charge in [-0.05, 0) is 67.8 Å². The predicted octanol–water partition coefficient (Wildman–Crippen LogP) is 5.97. The van der Waals surface area contributed by atoms with Gasteiger partial charge in [0.05, 0.1) is 28.9 Å². The lowest BCUT2D eigenvalue weighted by atomic mass is 10.0. The molecule has 3 unspecified atom stereocenters. The second-order valence-electron chi connectivity index (χ2n) is 12.1. The van der Waals surface area contributed by atoms with Gasteiger partial charge in [0.1, 0.15) is 18.8 Å². The molecule has 12 nitrogen and oxygen atoms in total. The Morgan fingerprint density at radius 2 is 1.04 bits per heavy atom. The summed E-state index contributed by atoms with van der Waals surface area (Å²) in [6.45, 7) is 0.273. The summed E-state index contributed by atoms with van der Waals surface area (Å²) in [5.41, 5.74) is 3.67. The van der Waals surface area contributed by atoms with Gasteiger partial charge >= 0.3 is 23.9 Å². The van der Waals surface area contributed by atoms with Gasteiger partial charge in [-0.25, -0.2) is 24.7 Å². The van der Waals surface area contributed by atoms with Crippen molar-refractivity contribution in [2.75, 3.05) is 26.9 Å². The Hall–Kier alpha value is -5.40. The molecule has 12 heteroatoms. The average molecular weight is 726 g/mol. The molecule has 1 aliphatic heterocycles. The first-order valence-electron chi connectivity index (χ1n) is 17.5. The molecule has 0 saturated carbocycles. The Kier molecular flexibility index (Phi) is 15.1. The summed E-state index contributed by atoms with van der Waals surface area (Å²) in [5.74, 6) is -2.78. The maximum absolute atomic E-state index is 13.6. The fourth-order valence-corrected chi connectivity index (χ4v) is 5.60. The van der Waals surface area contributed by atoms with E-state index in [1.165, 1.54) is 0 Å². The van der Waals surface area contributed by atoms with E-state index in [4.69, 9.17) is 33.3 Å². The SMILES string of the molecule is CNOCCCCCO[C@H]1OC(COC(=O)c2ccccc2)[C@@H](OC(=O)c2ccccc2)C(OC(=O)c2ccccc2)CC1OC(=O)c1ccccc1. The molecule has 0 aliphatic carbocycles. The van der Waals surface area contributed by atoms with E-state index < -0.39 is 61.2 Å². The summed E-state index contributed by atoms with van der Waals surface area (Å²) in [7, 11) is 1.69. The van der Waals surface area contributed by atoms with Gasteiger partial charge in [-0.15, -0.1) is 0 Å². The molecule has 53 heavy (non-hydrogen) atoms. The fraction of sp³-hybridized carbons (Fsp3) is 0.317. The third kappa shape index (κ3) is 11.8. The number of esters is 4. The predicted molar refractivity (Wildman–Crippen MR) is 192 cm³/mol. The van der Waals surface area contributed by atoms with Crippen LogP contribution in [0.5, 0.6) is 0 Å². The molecule has 5 atom stereocenters. The highest BCUT2D eigenvalue weighted by atomic mass is 16.7. The molecule has 1 saturated heterocycles. The molecule has 4 aromatic rings. The molecule has 4 aromatic carbocycles. The minimum absolute atomic E-state index is 0.187. The van der Waals surface area contributed by atoms with Crippen LogP contribution in [0.15, 0.2) is 121 Å². The Morgan fingerprint density at radius 1 is 0.585 bits per heavy atom. The minimum Gasteiger partial charge on any atom is -0.459 e. The van der Waals surface area contributed by atoms with Crippen LogP contribution in [0.1, 0.15) is 67.1 Å². The maximum atomic E-state index is 13.6. The van der Waals surface area contributed by atoms with Crippen LogP contribution in [0.4, 0.5) is 0 Å². The first-order valence-corrected chi connectivity index (χ1v) is 17.5. The van der Waals surface area contributed by atoms with Gasteiger partial charge in [0.15, 0.2) is 18.5 Å². The molecule has 1 aliphatic rings. The van der Waals surface area contributed by atoms with Crippen molar-refractivity contribution in [3.63, 3.8) is 0 Å². The first kappa shape index (κ1) is 38.8. The normalized spacial score (nSPS) is 19.7. The Labute approximate surface area is 308 Å². The summed E-state index contributed by atoms with van der Waals surface area (Å²) >= 11 is 0. The average Bonchev–Trinajstić information content (AvgIpc) is 3.33. The molecular weight excluding hydrogens is 682 g/mol. The highest BCUT2D eigenvalue weighted by Gasteiger charge is 2.47. The summed E-state index contributed by atoms with van der Waals surface area (Å²) in [4.78, 5) is 59.0. The van der Waals surface area contributed by atoms with E-state index in [0.717, 1.165) is 12.8 Å². The molecule has 1 N–H and O–H groups in total. The van der Waals surface area contributed by atoms with Gasteiger partial charge < -0.3 is 33.3 Å². The largest absolute Gasteiger partial charge is 0.459 e. The second-order valence-corrected chi connectivity index (χ2v) is 12.1. The van der Waals surface area contributed by atoms with E-state index in [9.17, 15) is 19.2 Å². The number of carbonyl (C=O) groups excluding carboxylic acids is 4. The lowest BCUT2D eigenvalue weighted by Crippen LogP contribution is -2.46. The van der Waals surface area contributed by atoms with Crippen LogP contribution < -0.4 is 5.48 Å². The smallest absolute Gasteiger partial charge is 0.338 e. The van der Waals surface area contributed by atoms with Crippen LogP contribution in [0.2, 0.25) is 0 Å². The van der Waals surface area contributed by atoms with Crippen molar-refractivity contribution in [1.82, 2.24) is 5.48 Å². The zero-order valence-corrected chi connectivity index (χ0v) is 29.4. The number of rotatable bonds is 17. The maximum Gasteiger partial charge on any atom is 0.338 e. The number of hydroxylamine groups is 1. The number of unbranched alkanes of at least 4 members (excludes halogenated alkanes) is 2. The van der Waals surface area contributed by atoms with Crippen LogP contribution in [0.3, 0.4) is 0 Å². The monoisotopic (exact) mass is 725 g/mol. The Morgan fingerprint density at radius 3 is 1.55 bits per heavy atom. The van der Waals surface area contributed by atoms with Crippen LogP contribution in [-0.2, 0) is 33.3 Å². The van der Waals surface area contributed by atoms with E-state index in [-0.39, 0.29) is 35.3 Å². The van der Waals surface area contributed by atoms with E-state index in [1.54, 1.807) is 128 Å². The highest BCUT2D eigenvalue weighted by molar-refractivity contribution is 5.91. The number of hydrogen-bond acceptors (Lipinski definition) is 12. The van der Waals surface area contributed by atoms with Crippen LogP contribution in [0, 0.1) is 0 Å². The topological polar surface area (TPSA) is 145 Å². The second kappa shape index (κ2) is 20.6.